The summed E-state index contributed by atoms with van der Waals surface area (Å²) in [7, 11) is 3.47. The van der Waals surface area contributed by atoms with Crippen LogP contribution in [0.25, 0.3) is 0 Å². The van der Waals surface area contributed by atoms with Gasteiger partial charge in [-0.2, -0.15) is 5.10 Å². The predicted molar refractivity (Wildman–Crippen MR) is 113 cm³/mol. The van der Waals surface area contributed by atoms with Gasteiger partial charge in [-0.05, 0) is 24.1 Å². The minimum atomic E-state index is -0.0795. The molecule has 2 aromatic rings. The summed E-state index contributed by atoms with van der Waals surface area (Å²) in [6.45, 7) is 1.40. The lowest BCUT2D eigenvalue weighted by Gasteiger charge is -2.26. The molecule has 7 nitrogen and oxygen atoms in total. The molecule has 0 radical (unpaired) electrons. The number of aliphatic imine (C=N–C) groups is 1. The SMILES string of the molecule is CN=C(NCC(OC)c1ccc(Cl)cc1)NC1CCc2ncnn2C1.I. The topological polar surface area (TPSA) is 76.4 Å². The zero-order valence-corrected chi connectivity index (χ0v) is 17.9. The van der Waals surface area contributed by atoms with Crippen LogP contribution in [0.4, 0.5) is 0 Å². The highest BCUT2D eigenvalue weighted by atomic mass is 127. The van der Waals surface area contributed by atoms with Crippen molar-refractivity contribution in [2.75, 3.05) is 20.7 Å². The maximum absolute atomic E-state index is 5.95. The molecule has 1 aromatic heterocycles. The van der Waals surface area contributed by atoms with Crippen LogP contribution >= 0.6 is 35.6 Å². The molecule has 0 aliphatic carbocycles. The number of ether oxygens (including phenoxy) is 1. The fraction of sp³-hybridized carbons (Fsp3) is 0.471. The van der Waals surface area contributed by atoms with Gasteiger partial charge in [-0.25, -0.2) is 9.67 Å². The van der Waals surface area contributed by atoms with Crippen LogP contribution < -0.4 is 10.6 Å². The van der Waals surface area contributed by atoms with Crippen LogP contribution in [0.3, 0.4) is 0 Å². The summed E-state index contributed by atoms with van der Waals surface area (Å²) >= 11 is 5.95. The summed E-state index contributed by atoms with van der Waals surface area (Å²) in [4.78, 5) is 8.57. The zero-order chi connectivity index (χ0) is 17.6. The lowest BCUT2D eigenvalue weighted by atomic mass is 10.1. The zero-order valence-electron chi connectivity index (χ0n) is 14.9. The normalized spacial score (nSPS) is 17.8. The summed E-state index contributed by atoms with van der Waals surface area (Å²) in [5.74, 6) is 1.80. The lowest BCUT2D eigenvalue weighted by molar-refractivity contribution is 0.106. The second kappa shape index (κ2) is 10.1. The van der Waals surface area contributed by atoms with Gasteiger partial charge in [0.2, 0.25) is 0 Å². The first-order valence-corrected chi connectivity index (χ1v) is 8.69. The molecule has 0 amide bonds. The highest BCUT2D eigenvalue weighted by molar-refractivity contribution is 14.0. The van der Waals surface area contributed by atoms with Gasteiger partial charge in [0.15, 0.2) is 5.96 Å². The van der Waals surface area contributed by atoms with Gasteiger partial charge in [-0.1, -0.05) is 23.7 Å². The Bertz CT molecular complexity index is 720. The van der Waals surface area contributed by atoms with Crippen LogP contribution in [0.2, 0.25) is 5.02 Å². The number of rotatable bonds is 5. The Labute approximate surface area is 175 Å². The van der Waals surface area contributed by atoms with Gasteiger partial charge in [0.1, 0.15) is 12.2 Å². The van der Waals surface area contributed by atoms with Crippen molar-refractivity contribution >= 4 is 41.5 Å². The third-order valence-electron chi connectivity index (χ3n) is 4.35. The summed E-state index contributed by atoms with van der Waals surface area (Å²) in [5.41, 5.74) is 1.07. The van der Waals surface area contributed by atoms with Crippen molar-refractivity contribution in [2.45, 2.75) is 31.5 Å². The number of nitrogens with zero attached hydrogens (tertiary/aromatic N) is 4. The molecule has 0 spiro atoms. The number of hydrogen-bond donors (Lipinski definition) is 2. The number of fused-ring (bicyclic) bond motifs is 1. The van der Waals surface area contributed by atoms with Crippen molar-refractivity contribution in [2.24, 2.45) is 4.99 Å². The number of methoxy groups -OCH3 is 1. The largest absolute Gasteiger partial charge is 0.375 e. The highest BCUT2D eigenvalue weighted by Gasteiger charge is 2.21. The molecule has 0 saturated heterocycles. The van der Waals surface area contributed by atoms with Crippen LogP contribution in [0, 0.1) is 0 Å². The molecular weight excluding hydrogens is 467 g/mol. The molecule has 9 heteroatoms. The maximum atomic E-state index is 5.95. The van der Waals surface area contributed by atoms with E-state index in [1.807, 2.05) is 28.9 Å². The molecule has 2 unspecified atom stereocenters. The van der Waals surface area contributed by atoms with Crippen molar-refractivity contribution < 1.29 is 4.74 Å². The summed E-state index contributed by atoms with van der Waals surface area (Å²) in [6, 6.07) is 7.96. The van der Waals surface area contributed by atoms with Crippen molar-refractivity contribution in [3.05, 3.63) is 47.0 Å². The Morgan fingerprint density at radius 1 is 1.42 bits per heavy atom. The molecule has 26 heavy (non-hydrogen) atoms. The Kier molecular flexibility index (Phi) is 8.11. The van der Waals surface area contributed by atoms with E-state index in [9.17, 15) is 0 Å². The molecule has 1 aliphatic heterocycles. The molecule has 1 aliphatic rings. The van der Waals surface area contributed by atoms with Gasteiger partial charge in [0.25, 0.3) is 0 Å². The molecule has 2 heterocycles. The minimum absolute atomic E-state index is 0. The van der Waals surface area contributed by atoms with E-state index >= 15 is 0 Å². The van der Waals surface area contributed by atoms with Gasteiger partial charge < -0.3 is 15.4 Å². The lowest BCUT2D eigenvalue weighted by Crippen LogP contribution is -2.48. The number of aromatic nitrogens is 3. The van der Waals surface area contributed by atoms with Crippen molar-refractivity contribution in [1.29, 1.82) is 0 Å². The van der Waals surface area contributed by atoms with E-state index in [0.29, 0.717) is 11.6 Å². The van der Waals surface area contributed by atoms with Gasteiger partial charge in [0, 0.05) is 38.2 Å². The van der Waals surface area contributed by atoms with E-state index < -0.39 is 0 Å². The van der Waals surface area contributed by atoms with E-state index in [1.54, 1.807) is 20.5 Å². The van der Waals surface area contributed by atoms with Gasteiger partial charge >= 0.3 is 0 Å². The maximum Gasteiger partial charge on any atom is 0.191 e. The Hall–Kier alpha value is -1.39. The molecule has 2 atom stereocenters. The molecule has 0 fully saturated rings. The van der Waals surface area contributed by atoms with Gasteiger partial charge in [-0.3, -0.25) is 4.99 Å². The van der Waals surface area contributed by atoms with E-state index in [1.165, 1.54) is 0 Å². The number of halogens is 2. The smallest absolute Gasteiger partial charge is 0.191 e. The first-order chi connectivity index (χ1) is 12.2. The van der Waals surface area contributed by atoms with Crippen LogP contribution in [0.5, 0.6) is 0 Å². The second-order valence-electron chi connectivity index (χ2n) is 5.97. The average molecular weight is 491 g/mol. The number of guanidine groups is 1. The molecule has 0 bridgehead atoms. The van der Waals surface area contributed by atoms with Crippen molar-refractivity contribution in [3.63, 3.8) is 0 Å². The molecule has 0 saturated carbocycles. The summed E-state index contributed by atoms with van der Waals surface area (Å²) in [5, 5.41) is 11.7. The second-order valence-corrected chi connectivity index (χ2v) is 6.40. The van der Waals surface area contributed by atoms with Crippen molar-refractivity contribution in [3.8, 4) is 0 Å². The van der Waals surface area contributed by atoms with E-state index in [0.717, 1.165) is 36.7 Å². The quantitative estimate of drug-likeness (QED) is 0.382. The fourth-order valence-corrected chi connectivity index (χ4v) is 3.07. The van der Waals surface area contributed by atoms with Crippen LogP contribution in [-0.2, 0) is 17.7 Å². The molecule has 2 N–H and O–H groups in total. The first kappa shape index (κ1) is 20.9. The van der Waals surface area contributed by atoms with Gasteiger partial charge in [-0.15, -0.1) is 24.0 Å². The third-order valence-corrected chi connectivity index (χ3v) is 4.60. The van der Waals surface area contributed by atoms with Crippen LogP contribution in [0.15, 0.2) is 35.6 Å². The number of aryl methyl sites for hydroxylation is 1. The molecule has 1 aromatic carbocycles. The number of nitrogens with one attached hydrogen (secondary N) is 2. The minimum Gasteiger partial charge on any atom is -0.375 e. The monoisotopic (exact) mass is 490 g/mol. The van der Waals surface area contributed by atoms with Crippen LogP contribution in [-0.4, -0.2) is 47.5 Å². The average Bonchev–Trinajstić information content (AvgIpc) is 3.10. The standard InChI is InChI=1S/C17H23ClN6O.HI/c1-19-17(23-14-7-8-16-21-11-22-24(16)10-14)20-9-15(25-2)12-3-5-13(18)6-4-12;/h3-6,11,14-15H,7-10H2,1-2H3,(H2,19,20,23);1H. The van der Waals surface area contributed by atoms with Crippen molar-refractivity contribution in [1.82, 2.24) is 25.4 Å². The first-order valence-electron chi connectivity index (χ1n) is 8.31. The number of benzene rings is 1. The van der Waals surface area contributed by atoms with Gasteiger partial charge in [0.05, 0.1) is 12.6 Å². The third kappa shape index (κ3) is 5.31. The van der Waals surface area contributed by atoms with Crippen LogP contribution in [0.1, 0.15) is 23.9 Å². The predicted octanol–water partition coefficient (Wildman–Crippen LogP) is 2.42. The Morgan fingerprint density at radius 2 is 2.19 bits per heavy atom. The molecular formula is C17H24ClIN6O. The highest BCUT2D eigenvalue weighted by Crippen LogP contribution is 2.18. The van der Waals surface area contributed by atoms with E-state index in [4.69, 9.17) is 16.3 Å². The summed E-state index contributed by atoms with van der Waals surface area (Å²) < 4.78 is 7.53. The molecule has 142 valence electrons. The summed E-state index contributed by atoms with van der Waals surface area (Å²) in [6.07, 6.45) is 3.45. The van der Waals surface area contributed by atoms with E-state index in [-0.39, 0.29) is 36.1 Å². The van der Waals surface area contributed by atoms with E-state index in [2.05, 4.69) is 25.7 Å². The number of hydrogen-bond acceptors (Lipinski definition) is 4. The molecule has 3 rings (SSSR count). The Morgan fingerprint density at radius 3 is 2.88 bits per heavy atom. The Balaban J connectivity index is 0.00000243. The fourth-order valence-electron chi connectivity index (χ4n) is 2.95.